The van der Waals surface area contributed by atoms with Crippen molar-refractivity contribution >= 4 is 27.5 Å². The van der Waals surface area contributed by atoms with E-state index in [0.29, 0.717) is 5.71 Å². The normalized spacial score (nSPS) is 16.2. The number of nitriles is 1. The first-order valence-corrected chi connectivity index (χ1v) is 10.9. The highest BCUT2D eigenvalue weighted by Gasteiger charge is 2.23. The monoisotopic (exact) mass is 420 g/mol. The molecule has 1 atom stereocenters. The summed E-state index contributed by atoms with van der Waals surface area (Å²) in [6.45, 7) is 0. The quantitative estimate of drug-likeness (QED) is 0.689. The van der Waals surface area contributed by atoms with E-state index in [1.54, 1.807) is 6.08 Å². The molecule has 0 fully saturated rings. The SMILES string of the molecule is COC(C#N)c1ccccc1.CS(=O)(=O)ON=C1C=CC=C2C1=Cc1ccccc12. The first-order valence-electron chi connectivity index (χ1n) is 9.07. The van der Waals surface area contributed by atoms with Gasteiger partial charge in [-0.3, -0.25) is 4.28 Å². The summed E-state index contributed by atoms with van der Waals surface area (Å²) in [6, 6.07) is 19.4. The predicted molar refractivity (Wildman–Crippen MR) is 117 cm³/mol. The van der Waals surface area contributed by atoms with Gasteiger partial charge in [-0.2, -0.15) is 13.7 Å². The lowest BCUT2D eigenvalue weighted by molar-refractivity contribution is 0.148. The summed E-state index contributed by atoms with van der Waals surface area (Å²) >= 11 is 0. The molecule has 2 aromatic rings. The highest BCUT2D eigenvalue weighted by Crippen LogP contribution is 2.38. The molecule has 0 spiro atoms. The van der Waals surface area contributed by atoms with Crippen molar-refractivity contribution in [2.75, 3.05) is 13.4 Å². The molecule has 2 aliphatic carbocycles. The molecule has 0 radical (unpaired) electrons. The van der Waals surface area contributed by atoms with E-state index in [4.69, 9.17) is 10.00 Å². The van der Waals surface area contributed by atoms with Gasteiger partial charge in [0, 0.05) is 12.7 Å². The Kier molecular flexibility index (Phi) is 6.62. The summed E-state index contributed by atoms with van der Waals surface area (Å²) in [5.41, 5.74) is 5.55. The molecule has 7 heteroatoms. The molecule has 4 rings (SSSR count). The van der Waals surface area contributed by atoms with E-state index in [1.165, 1.54) is 7.11 Å². The van der Waals surface area contributed by atoms with Crippen LogP contribution >= 0.6 is 0 Å². The lowest BCUT2D eigenvalue weighted by Gasteiger charge is -2.10. The number of nitrogens with zero attached hydrogens (tertiary/aromatic N) is 2. The minimum Gasteiger partial charge on any atom is -0.362 e. The minimum atomic E-state index is -3.59. The van der Waals surface area contributed by atoms with Crippen molar-refractivity contribution in [1.82, 2.24) is 0 Å². The molecule has 0 saturated heterocycles. The number of fused-ring (bicyclic) bond motifs is 3. The second kappa shape index (κ2) is 9.35. The maximum absolute atomic E-state index is 11.0. The summed E-state index contributed by atoms with van der Waals surface area (Å²) in [5.74, 6) is 0. The number of benzene rings is 2. The van der Waals surface area contributed by atoms with Crippen LogP contribution < -0.4 is 0 Å². The van der Waals surface area contributed by atoms with Gasteiger partial charge in [0.1, 0.15) is 5.71 Å². The number of ether oxygens (including phenoxy) is 1. The summed E-state index contributed by atoms with van der Waals surface area (Å²) < 4.78 is 31.4. The zero-order chi connectivity index (χ0) is 21.6. The topological polar surface area (TPSA) is 88.8 Å². The van der Waals surface area contributed by atoms with Gasteiger partial charge in [0.15, 0.2) is 6.10 Å². The molecule has 0 heterocycles. The third-order valence-corrected chi connectivity index (χ3v) is 4.71. The molecule has 1 unspecified atom stereocenters. The lowest BCUT2D eigenvalue weighted by atomic mass is 9.96. The fourth-order valence-electron chi connectivity index (χ4n) is 3.04. The predicted octanol–water partition coefficient (Wildman–Crippen LogP) is 4.27. The van der Waals surface area contributed by atoms with Crippen LogP contribution in [0.5, 0.6) is 0 Å². The van der Waals surface area contributed by atoms with E-state index in [2.05, 4.69) is 9.44 Å². The summed E-state index contributed by atoms with van der Waals surface area (Å²) in [4.78, 5) is 0. The number of hydrogen-bond acceptors (Lipinski definition) is 6. The van der Waals surface area contributed by atoms with Crippen molar-refractivity contribution in [1.29, 1.82) is 5.26 Å². The van der Waals surface area contributed by atoms with Crippen molar-refractivity contribution in [3.8, 4) is 6.07 Å². The van der Waals surface area contributed by atoms with Crippen LogP contribution in [-0.2, 0) is 19.1 Å². The van der Waals surface area contributed by atoms with Crippen molar-refractivity contribution in [3.05, 3.63) is 95.1 Å². The van der Waals surface area contributed by atoms with Crippen molar-refractivity contribution in [2.45, 2.75) is 6.10 Å². The Labute approximate surface area is 176 Å². The Morgan fingerprint density at radius 3 is 2.40 bits per heavy atom. The maximum atomic E-state index is 11.0. The van der Waals surface area contributed by atoms with Crippen LogP contribution in [0.25, 0.3) is 11.6 Å². The fraction of sp³-hybridized carbons (Fsp3) is 0.130. The van der Waals surface area contributed by atoms with E-state index in [0.717, 1.165) is 34.1 Å². The Morgan fingerprint density at radius 1 is 1.03 bits per heavy atom. The Balaban J connectivity index is 0.000000199. The number of oxime groups is 1. The number of rotatable bonds is 4. The molecule has 0 saturated carbocycles. The van der Waals surface area contributed by atoms with E-state index in [9.17, 15) is 8.42 Å². The molecule has 0 aliphatic heterocycles. The van der Waals surface area contributed by atoms with Gasteiger partial charge in [-0.1, -0.05) is 71.9 Å². The molecular formula is C23H20N2O4S. The molecule has 0 amide bonds. The van der Waals surface area contributed by atoms with Crippen LogP contribution in [-0.4, -0.2) is 27.5 Å². The number of methoxy groups -OCH3 is 1. The van der Waals surface area contributed by atoms with Crippen LogP contribution in [0, 0.1) is 11.3 Å². The van der Waals surface area contributed by atoms with Crippen molar-refractivity contribution < 1.29 is 17.4 Å². The first kappa shape index (κ1) is 21.2. The summed E-state index contributed by atoms with van der Waals surface area (Å²) in [5, 5.41) is 12.3. The highest BCUT2D eigenvalue weighted by molar-refractivity contribution is 7.85. The molecule has 2 aliphatic rings. The molecule has 30 heavy (non-hydrogen) atoms. The van der Waals surface area contributed by atoms with Gasteiger partial charge in [0.05, 0.1) is 12.3 Å². The van der Waals surface area contributed by atoms with E-state index >= 15 is 0 Å². The molecular weight excluding hydrogens is 400 g/mol. The van der Waals surface area contributed by atoms with Gasteiger partial charge in [-0.25, -0.2) is 0 Å². The van der Waals surface area contributed by atoms with Crippen LogP contribution in [0.1, 0.15) is 22.8 Å². The van der Waals surface area contributed by atoms with Gasteiger partial charge < -0.3 is 4.74 Å². The van der Waals surface area contributed by atoms with Crippen molar-refractivity contribution in [3.63, 3.8) is 0 Å². The number of allylic oxidation sites excluding steroid dienone is 5. The average molecular weight is 420 g/mol. The van der Waals surface area contributed by atoms with Gasteiger partial charge in [-0.15, -0.1) is 0 Å². The molecule has 0 aromatic heterocycles. The van der Waals surface area contributed by atoms with Crippen LogP contribution in [0.2, 0.25) is 0 Å². The standard InChI is InChI=1S/C14H11NO3S.C9H9NO/c1-19(16,17)18-15-14-8-4-7-12-11-6-3-2-5-10(11)9-13(12)14;1-11-9(7-10)8-5-3-2-4-6-8/h2-9H,1H3;2-6,9H,1H3. The largest absolute Gasteiger partial charge is 0.362 e. The lowest BCUT2D eigenvalue weighted by Crippen LogP contribution is -2.06. The first-order chi connectivity index (χ1) is 14.4. The van der Waals surface area contributed by atoms with Gasteiger partial charge in [-0.05, 0) is 34.4 Å². The van der Waals surface area contributed by atoms with Gasteiger partial charge in [0.25, 0.3) is 0 Å². The molecule has 6 nitrogen and oxygen atoms in total. The van der Waals surface area contributed by atoms with Crippen LogP contribution in [0.3, 0.4) is 0 Å². The zero-order valence-corrected chi connectivity index (χ0v) is 17.3. The van der Waals surface area contributed by atoms with Crippen molar-refractivity contribution in [2.24, 2.45) is 5.16 Å². The maximum Gasteiger partial charge on any atom is 0.325 e. The van der Waals surface area contributed by atoms with Gasteiger partial charge >= 0.3 is 10.1 Å². The Bertz CT molecular complexity index is 1190. The Hall–Kier alpha value is -3.47. The minimum absolute atomic E-state index is 0.434. The molecule has 0 N–H and O–H groups in total. The molecule has 2 aromatic carbocycles. The fourth-order valence-corrected chi connectivity index (χ4v) is 3.26. The molecule has 152 valence electrons. The Morgan fingerprint density at radius 2 is 1.73 bits per heavy atom. The third-order valence-electron chi connectivity index (χ3n) is 4.36. The van der Waals surface area contributed by atoms with E-state index in [-0.39, 0.29) is 0 Å². The van der Waals surface area contributed by atoms with Gasteiger partial charge in [0.2, 0.25) is 0 Å². The second-order valence-corrected chi connectivity index (χ2v) is 8.05. The van der Waals surface area contributed by atoms with E-state index < -0.39 is 16.2 Å². The summed E-state index contributed by atoms with van der Waals surface area (Å²) in [6.07, 6.45) is 8.06. The van der Waals surface area contributed by atoms with Crippen LogP contribution in [0.15, 0.2) is 83.6 Å². The third kappa shape index (κ3) is 5.11. The molecule has 0 bridgehead atoms. The average Bonchev–Trinajstić information content (AvgIpc) is 3.13. The van der Waals surface area contributed by atoms with E-state index in [1.807, 2.05) is 78.9 Å². The summed E-state index contributed by atoms with van der Waals surface area (Å²) in [7, 11) is -2.06. The highest BCUT2D eigenvalue weighted by atomic mass is 32.2. The number of hydrogen-bond donors (Lipinski definition) is 0. The van der Waals surface area contributed by atoms with Crippen LogP contribution in [0.4, 0.5) is 0 Å². The zero-order valence-electron chi connectivity index (χ0n) is 16.5. The second-order valence-electron chi connectivity index (χ2n) is 6.50. The smallest absolute Gasteiger partial charge is 0.325 e.